The predicted molar refractivity (Wildman–Crippen MR) is 103 cm³/mol. The van der Waals surface area contributed by atoms with E-state index in [1.165, 1.54) is 6.20 Å². The number of hydrogen-bond acceptors (Lipinski definition) is 7. The molecule has 3 aromatic rings. The Hall–Kier alpha value is -3.07. The average Bonchev–Trinajstić information content (AvgIpc) is 3.36. The van der Waals surface area contributed by atoms with E-state index in [1.54, 1.807) is 35.4 Å². The first kappa shape index (κ1) is 18.0. The highest BCUT2D eigenvalue weighted by molar-refractivity contribution is 5.67. The van der Waals surface area contributed by atoms with E-state index >= 15 is 0 Å². The Labute approximate surface area is 166 Å². The van der Waals surface area contributed by atoms with Crippen molar-refractivity contribution < 1.29 is 14.2 Å². The summed E-state index contributed by atoms with van der Waals surface area (Å²) in [6.07, 6.45) is 7.16. The molecule has 5 rings (SSSR count). The van der Waals surface area contributed by atoms with Crippen molar-refractivity contribution in [2.45, 2.75) is 50.0 Å². The van der Waals surface area contributed by atoms with Crippen LogP contribution in [0.2, 0.25) is 0 Å². The number of aromatic hydroxyl groups is 1. The van der Waals surface area contributed by atoms with Gasteiger partial charge in [-0.1, -0.05) is 5.10 Å². The predicted octanol–water partition coefficient (Wildman–Crippen LogP) is 2.43. The number of phenolic OH excluding ortho intramolecular Hbond substituents is 1. The van der Waals surface area contributed by atoms with E-state index in [0.717, 1.165) is 18.5 Å². The highest BCUT2D eigenvalue weighted by Crippen LogP contribution is 2.38. The van der Waals surface area contributed by atoms with Crippen molar-refractivity contribution in [3.8, 4) is 28.7 Å². The SMILES string of the molecule is C[C@]12CCC(C[C@@H](Oc3ncc(-c4ccc(-n5ccnc5)cc4O)nn3)[C@H]1F)N2. The molecule has 9 heteroatoms. The molecule has 4 heterocycles. The van der Waals surface area contributed by atoms with Gasteiger partial charge in [0.25, 0.3) is 0 Å². The van der Waals surface area contributed by atoms with Crippen LogP contribution in [-0.2, 0) is 0 Å². The maximum Gasteiger partial charge on any atom is 0.336 e. The molecule has 2 aliphatic heterocycles. The van der Waals surface area contributed by atoms with Gasteiger partial charge in [-0.3, -0.25) is 0 Å². The van der Waals surface area contributed by atoms with Gasteiger partial charge in [-0.25, -0.2) is 14.4 Å². The van der Waals surface area contributed by atoms with Gasteiger partial charge in [-0.2, -0.15) is 0 Å². The van der Waals surface area contributed by atoms with Gasteiger partial charge in [-0.15, -0.1) is 5.10 Å². The number of rotatable bonds is 4. The van der Waals surface area contributed by atoms with Gasteiger partial charge in [0.1, 0.15) is 17.5 Å². The molecule has 0 aliphatic carbocycles. The fourth-order valence-corrected chi connectivity index (χ4v) is 4.28. The number of fused-ring (bicyclic) bond motifs is 2. The van der Waals surface area contributed by atoms with Gasteiger partial charge in [0.15, 0.2) is 6.17 Å². The third kappa shape index (κ3) is 3.21. The average molecular weight is 396 g/mol. The summed E-state index contributed by atoms with van der Waals surface area (Å²) in [6.45, 7) is 1.89. The van der Waals surface area contributed by atoms with Gasteiger partial charge < -0.3 is 19.7 Å². The number of phenols is 1. The number of alkyl halides is 1. The lowest BCUT2D eigenvalue weighted by Gasteiger charge is -2.39. The normalized spacial score (nSPS) is 28.4. The van der Waals surface area contributed by atoms with Crippen LogP contribution in [0.5, 0.6) is 11.8 Å². The van der Waals surface area contributed by atoms with E-state index in [9.17, 15) is 9.50 Å². The van der Waals surface area contributed by atoms with Crippen molar-refractivity contribution in [1.29, 1.82) is 0 Å². The molecule has 1 aromatic carbocycles. The maximum absolute atomic E-state index is 14.9. The zero-order valence-electron chi connectivity index (χ0n) is 15.9. The summed E-state index contributed by atoms with van der Waals surface area (Å²) >= 11 is 0. The molecular formula is C20H21FN6O2. The van der Waals surface area contributed by atoms with Crippen LogP contribution < -0.4 is 10.1 Å². The molecule has 2 fully saturated rings. The number of nitrogens with zero attached hydrogens (tertiary/aromatic N) is 5. The lowest BCUT2D eigenvalue weighted by atomic mass is 9.88. The molecule has 8 nitrogen and oxygen atoms in total. The minimum Gasteiger partial charge on any atom is -0.507 e. The molecular weight excluding hydrogens is 375 g/mol. The first-order valence-corrected chi connectivity index (χ1v) is 9.62. The molecule has 0 amide bonds. The van der Waals surface area contributed by atoms with E-state index in [2.05, 4.69) is 25.5 Å². The molecule has 2 N–H and O–H groups in total. The minimum atomic E-state index is -1.13. The zero-order chi connectivity index (χ0) is 20.0. The van der Waals surface area contributed by atoms with Crippen LogP contribution >= 0.6 is 0 Å². The molecule has 4 atom stereocenters. The summed E-state index contributed by atoms with van der Waals surface area (Å²) in [7, 11) is 0. The fraction of sp³-hybridized carbons (Fsp3) is 0.400. The smallest absolute Gasteiger partial charge is 0.336 e. The first-order valence-electron chi connectivity index (χ1n) is 9.62. The number of imidazole rings is 1. The van der Waals surface area contributed by atoms with Crippen molar-refractivity contribution in [2.24, 2.45) is 0 Å². The number of ether oxygens (including phenoxy) is 1. The molecule has 2 aromatic heterocycles. The monoisotopic (exact) mass is 396 g/mol. The second kappa shape index (κ2) is 6.77. The Bertz CT molecular complexity index is 1010. The third-order valence-electron chi connectivity index (χ3n) is 5.86. The Kier molecular flexibility index (Phi) is 4.20. The standard InChI is InChI=1S/C20H21FN6O2/c1-20-5-4-12(24-20)8-17(18(20)21)29-19-23-10-15(25-26-19)14-3-2-13(9-16(14)28)27-7-6-22-11-27/h2-3,6-7,9-12,17-18,24,28H,4-5,8H2,1H3/t12?,17-,18-,20+/m1/s1. The second-order valence-corrected chi connectivity index (χ2v) is 7.89. The van der Waals surface area contributed by atoms with E-state index in [-0.39, 0.29) is 17.8 Å². The quantitative estimate of drug-likeness (QED) is 0.699. The van der Waals surface area contributed by atoms with Crippen LogP contribution in [0.4, 0.5) is 4.39 Å². The Morgan fingerprint density at radius 1 is 1.34 bits per heavy atom. The largest absolute Gasteiger partial charge is 0.507 e. The molecule has 2 bridgehead atoms. The molecule has 2 saturated heterocycles. The number of aromatic nitrogens is 5. The fourth-order valence-electron chi connectivity index (χ4n) is 4.28. The second-order valence-electron chi connectivity index (χ2n) is 7.89. The zero-order valence-corrected chi connectivity index (χ0v) is 15.9. The summed E-state index contributed by atoms with van der Waals surface area (Å²) in [5.41, 5.74) is 1.12. The highest BCUT2D eigenvalue weighted by atomic mass is 19.1. The lowest BCUT2D eigenvalue weighted by Crippen LogP contribution is -2.59. The number of nitrogens with one attached hydrogen (secondary N) is 1. The molecule has 0 saturated carbocycles. The Morgan fingerprint density at radius 3 is 2.97 bits per heavy atom. The molecule has 1 unspecified atom stereocenters. The van der Waals surface area contributed by atoms with Gasteiger partial charge in [0.05, 0.1) is 23.8 Å². The van der Waals surface area contributed by atoms with Crippen molar-refractivity contribution in [2.75, 3.05) is 0 Å². The molecule has 0 radical (unpaired) electrons. The van der Waals surface area contributed by atoms with Crippen LogP contribution in [0, 0.1) is 0 Å². The lowest BCUT2D eigenvalue weighted by molar-refractivity contribution is 0.00542. The summed E-state index contributed by atoms with van der Waals surface area (Å²) in [5.74, 6) is 0.0487. The van der Waals surface area contributed by atoms with Crippen LogP contribution in [0.15, 0.2) is 43.1 Å². The van der Waals surface area contributed by atoms with E-state index in [1.807, 2.05) is 13.0 Å². The number of piperidine rings is 1. The summed E-state index contributed by atoms with van der Waals surface area (Å²) in [6, 6.07) is 5.49. The molecule has 29 heavy (non-hydrogen) atoms. The summed E-state index contributed by atoms with van der Waals surface area (Å²) in [4.78, 5) is 8.17. The van der Waals surface area contributed by atoms with E-state index in [0.29, 0.717) is 17.7 Å². The highest BCUT2D eigenvalue weighted by Gasteiger charge is 2.51. The van der Waals surface area contributed by atoms with Gasteiger partial charge in [-0.05, 0) is 31.9 Å². The Morgan fingerprint density at radius 2 is 2.24 bits per heavy atom. The van der Waals surface area contributed by atoms with Crippen LogP contribution in [0.25, 0.3) is 16.9 Å². The maximum atomic E-state index is 14.9. The van der Waals surface area contributed by atoms with Gasteiger partial charge in [0, 0.05) is 36.5 Å². The summed E-state index contributed by atoms with van der Waals surface area (Å²) < 4.78 is 22.4. The summed E-state index contributed by atoms with van der Waals surface area (Å²) in [5, 5.41) is 21.8. The van der Waals surface area contributed by atoms with Crippen LogP contribution in [0.3, 0.4) is 0 Å². The third-order valence-corrected chi connectivity index (χ3v) is 5.86. The van der Waals surface area contributed by atoms with Gasteiger partial charge >= 0.3 is 6.01 Å². The van der Waals surface area contributed by atoms with Crippen molar-refractivity contribution in [3.63, 3.8) is 0 Å². The molecule has 150 valence electrons. The Balaban J connectivity index is 1.33. The number of halogens is 1. The topological polar surface area (TPSA) is 98.0 Å². The first-order chi connectivity index (χ1) is 14.0. The van der Waals surface area contributed by atoms with E-state index in [4.69, 9.17) is 4.74 Å². The van der Waals surface area contributed by atoms with Gasteiger partial charge in [0.2, 0.25) is 0 Å². The van der Waals surface area contributed by atoms with Crippen LogP contribution in [-0.4, -0.2) is 53.7 Å². The molecule has 2 aliphatic rings. The van der Waals surface area contributed by atoms with Crippen molar-refractivity contribution in [3.05, 3.63) is 43.1 Å². The number of hydrogen-bond donors (Lipinski definition) is 2. The number of benzene rings is 1. The minimum absolute atomic E-state index is 0.0424. The van der Waals surface area contributed by atoms with Crippen LogP contribution in [0.1, 0.15) is 26.2 Å². The van der Waals surface area contributed by atoms with Crippen molar-refractivity contribution in [1.82, 2.24) is 30.0 Å². The van der Waals surface area contributed by atoms with Crippen molar-refractivity contribution >= 4 is 0 Å². The van der Waals surface area contributed by atoms with E-state index < -0.39 is 17.8 Å². The molecule has 0 spiro atoms.